The lowest BCUT2D eigenvalue weighted by molar-refractivity contribution is -0.112. The molecule has 1 amide bonds. The van der Waals surface area contributed by atoms with Crippen LogP contribution in [0.2, 0.25) is 0 Å². The fourth-order valence-corrected chi connectivity index (χ4v) is 2.89. The van der Waals surface area contributed by atoms with Crippen LogP contribution >= 0.6 is 0 Å². The number of methoxy groups -OCH3 is 2. The fraction of sp³-hybridized carbons (Fsp3) is 0.130. The number of aromatic nitrogens is 1. The average Bonchev–Trinajstić information content (AvgIpc) is 3.12. The Bertz CT molecular complexity index is 1070. The Hall–Kier alpha value is -3.98. The normalized spacial score (nSPS) is 10.9. The van der Waals surface area contributed by atoms with E-state index in [4.69, 9.17) is 9.47 Å². The van der Waals surface area contributed by atoms with E-state index in [9.17, 15) is 10.1 Å². The first-order valence-electron chi connectivity index (χ1n) is 8.94. The number of benzene rings is 2. The lowest BCUT2D eigenvalue weighted by atomic mass is 10.2. The quantitative estimate of drug-likeness (QED) is 0.504. The van der Waals surface area contributed by atoms with Crippen molar-refractivity contribution in [1.82, 2.24) is 4.57 Å². The van der Waals surface area contributed by atoms with Crippen LogP contribution in [0.15, 0.2) is 66.4 Å². The maximum Gasteiger partial charge on any atom is 0.266 e. The Morgan fingerprint density at radius 2 is 1.62 bits per heavy atom. The molecule has 0 unspecified atom stereocenters. The molecule has 0 spiro atoms. The third kappa shape index (κ3) is 4.66. The van der Waals surface area contributed by atoms with Crippen LogP contribution in [0.4, 0.5) is 5.69 Å². The predicted molar refractivity (Wildman–Crippen MR) is 112 cm³/mol. The number of nitrogens with zero attached hydrogens (tertiary/aromatic N) is 2. The van der Waals surface area contributed by atoms with Crippen molar-refractivity contribution in [1.29, 1.82) is 5.26 Å². The van der Waals surface area contributed by atoms with E-state index in [2.05, 4.69) is 5.32 Å². The SMILES string of the molecule is COc1ccc(NC(=O)/C(C#N)=C/c2cc(C)n(-c3ccc(OC)cc3)c2)cc1. The average molecular weight is 387 g/mol. The molecule has 1 aromatic heterocycles. The third-order valence-electron chi connectivity index (χ3n) is 4.41. The Kier molecular flexibility index (Phi) is 6.00. The van der Waals surface area contributed by atoms with E-state index in [-0.39, 0.29) is 5.57 Å². The zero-order chi connectivity index (χ0) is 20.8. The maximum absolute atomic E-state index is 12.5. The van der Waals surface area contributed by atoms with Crippen molar-refractivity contribution in [3.63, 3.8) is 0 Å². The summed E-state index contributed by atoms with van der Waals surface area (Å²) in [6.45, 7) is 1.96. The standard InChI is InChI=1S/C23H21N3O3/c1-16-12-17(15-26(16)20-6-10-22(29-3)11-7-20)13-18(14-24)23(27)25-19-4-8-21(28-2)9-5-19/h4-13,15H,1-3H3,(H,25,27)/b18-13+. The molecule has 6 nitrogen and oxygen atoms in total. The van der Waals surface area contributed by atoms with Gasteiger partial charge < -0.3 is 19.4 Å². The molecule has 0 aliphatic rings. The number of carbonyl (C=O) groups excluding carboxylic acids is 1. The molecule has 2 aromatic carbocycles. The van der Waals surface area contributed by atoms with E-state index in [1.807, 2.05) is 54.1 Å². The number of nitriles is 1. The second-order valence-corrected chi connectivity index (χ2v) is 6.34. The topological polar surface area (TPSA) is 76.3 Å². The summed E-state index contributed by atoms with van der Waals surface area (Å²) in [7, 11) is 3.20. The van der Waals surface area contributed by atoms with Gasteiger partial charge in [-0.15, -0.1) is 0 Å². The highest BCUT2D eigenvalue weighted by molar-refractivity contribution is 6.09. The molecule has 6 heteroatoms. The van der Waals surface area contributed by atoms with Gasteiger partial charge in [0.25, 0.3) is 5.91 Å². The third-order valence-corrected chi connectivity index (χ3v) is 4.41. The fourth-order valence-electron chi connectivity index (χ4n) is 2.89. The van der Waals surface area contributed by atoms with Gasteiger partial charge in [0.15, 0.2) is 0 Å². The molecule has 0 aliphatic carbocycles. The van der Waals surface area contributed by atoms with Crippen molar-refractivity contribution in [2.75, 3.05) is 19.5 Å². The first kappa shape index (κ1) is 19.8. The van der Waals surface area contributed by atoms with Crippen LogP contribution < -0.4 is 14.8 Å². The molecule has 0 bridgehead atoms. The number of aryl methyl sites for hydroxylation is 1. The minimum atomic E-state index is -0.465. The Morgan fingerprint density at radius 3 is 2.17 bits per heavy atom. The van der Waals surface area contributed by atoms with Gasteiger partial charge in [0.1, 0.15) is 23.1 Å². The van der Waals surface area contributed by atoms with Gasteiger partial charge in [-0.25, -0.2) is 0 Å². The summed E-state index contributed by atoms with van der Waals surface area (Å²) in [4.78, 5) is 12.5. The number of ether oxygens (including phenoxy) is 2. The molecule has 0 saturated carbocycles. The summed E-state index contributed by atoms with van der Waals surface area (Å²) in [5, 5.41) is 12.2. The van der Waals surface area contributed by atoms with Crippen LogP contribution in [-0.4, -0.2) is 24.7 Å². The number of nitrogens with one attached hydrogen (secondary N) is 1. The summed E-state index contributed by atoms with van der Waals surface area (Å²) in [6, 6.07) is 18.5. The summed E-state index contributed by atoms with van der Waals surface area (Å²) < 4.78 is 12.3. The molecule has 0 aliphatic heterocycles. The minimum Gasteiger partial charge on any atom is -0.497 e. The Balaban J connectivity index is 1.81. The van der Waals surface area contributed by atoms with Gasteiger partial charge in [-0.2, -0.15) is 5.26 Å². The number of amides is 1. The van der Waals surface area contributed by atoms with Crippen LogP contribution in [0.25, 0.3) is 11.8 Å². The van der Waals surface area contributed by atoms with Crippen molar-refractivity contribution in [2.24, 2.45) is 0 Å². The molecule has 0 radical (unpaired) electrons. The lowest BCUT2D eigenvalue weighted by Crippen LogP contribution is -2.13. The van der Waals surface area contributed by atoms with Crippen LogP contribution in [0, 0.1) is 18.3 Å². The van der Waals surface area contributed by atoms with Crippen LogP contribution in [0.3, 0.4) is 0 Å². The molecule has 146 valence electrons. The predicted octanol–water partition coefficient (Wildman–Crippen LogP) is 4.35. The van der Waals surface area contributed by atoms with Crippen molar-refractivity contribution in [3.8, 4) is 23.3 Å². The number of anilines is 1. The molecule has 29 heavy (non-hydrogen) atoms. The number of hydrogen-bond acceptors (Lipinski definition) is 4. The molecule has 3 aromatic rings. The van der Waals surface area contributed by atoms with E-state index in [0.717, 1.165) is 22.7 Å². The zero-order valence-corrected chi connectivity index (χ0v) is 16.5. The first-order valence-corrected chi connectivity index (χ1v) is 8.94. The van der Waals surface area contributed by atoms with Crippen LogP contribution in [0.5, 0.6) is 11.5 Å². The molecule has 0 fully saturated rings. The van der Waals surface area contributed by atoms with Gasteiger partial charge >= 0.3 is 0 Å². The molecular weight excluding hydrogens is 366 g/mol. The number of carbonyl (C=O) groups is 1. The molecule has 3 rings (SSSR count). The van der Waals surface area contributed by atoms with E-state index in [1.54, 1.807) is 44.6 Å². The Labute approximate surface area is 169 Å². The smallest absolute Gasteiger partial charge is 0.266 e. The van der Waals surface area contributed by atoms with E-state index >= 15 is 0 Å². The highest BCUT2D eigenvalue weighted by atomic mass is 16.5. The lowest BCUT2D eigenvalue weighted by Gasteiger charge is -2.07. The summed E-state index contributed by atoms with van der Waals surface area (Å²) >= 11 is 0. The van der Waals surface area contributed by atoms with Crippen LogP contribution in [0.1, 0.15) is 11.3 Å². The number of hydrogen-bond donors (Lipinski definition) is 1. The van der Waals surface area contributed by atoms with Gasteiger partial charge in [0, 0.05) is 23.3 Å². The summed E-state index contributed by atoms with van der Waals surface area (Å²) in [6.07, 6.45) is 3.46. The molecule has 1 heterocycles. The maximum atomic E-state index is 12.5. The van der Waals surface area contributed by atoms with Crippen molar-refractivity contribution < 1.29 is 14.3 Å². The van der Waals surface area contributed by atoms with Gasteiger partial charge in [0.2, 0.25) is 0 Å². The van der Waals surface area contributed by atoms with Gasteiger partial charge in [0.05, 0.1) is 14.2 Å². The van der Waals surface area contributed by atoms with E-state index in [0.29, 0.717) is 11.4 Å². The van der Waals surface area contributed by atoms with Crippen LogP contribution in [-0.2, 0) is 4.79 Å². The van der Waals surface area contributed by atoms with Crippen molar-refractivity contribution in [3.05, 3.63) is 77.6 Å². The molecule has 1 N–H and O–H groups in total. The molecular formula is C23H21N3O3. The van der Waals surface area contributed by atoms with Gasteiger partial charge in [-0.3, -0.25) is 4.79 Å². The summed E-state index contributed by atoms with van der Waals surface area (Å²) in [5.74, 6) is 1.00. The molecule has 0 saturated heterocycles. The highest BCUT2D eigenvalue weighted by Gasteiger charge is 2.11. The zero-order valence-electron chi connectivity index (χ0n) is 16.5. The summed E-state index contributed by atoms with van der Waals surface area (Å²) in [5.41, 5.74) is 3.31. The number of rotatable bonds is 6. The van der Waals surface area contributed by atoms with E-state index < -0.39 is 5.91 Å². The van der Waals surface area contributed by atoms with Crippen molar-refractivity contribution in [2.45, 2.75) is 6.92 Å². The minimum absolute atomic E-state index is 0.0210. The highest BCUT2D eigenvalue weighted by Crippen LogP contribution is 2.21. The monoisotopic (exact) mass is 387 g/mol. The molecule has 0 atom stereocenters. The second-order valence-electron chi connectivity index (χ2n) is 6.34. The Morgan fingerprint density at radius 1 is 1.03 bits per heavy atom. The van der Waals surface area contributed by atoms with E-state index in [1.165, 1.54) is 0 Å². The van der Waals surface area contributed by atoms with Gasteiger partial charge in [-0.1, -0.05) is 0 Å². The van der Waals surface area contributed by atoms with Gasteiger partial charge in [-0.05, 0) is 73.2 Å². The first-order chi connectivity index (χ1) is 14.0. The largest absolute Gasteiger partial charge is 0.497 e. The second kappa shape index (κ2) is 8.81. The van der Waals surface area contributed by atoms with Crippen molar-refractivity contribution >= 4 is 17.7 Å².